The third kappa shape index (κ3) is 5.12. The highest BCUT2D eigenvalue weighted by Gasteiger charge is 2.15. The van der Waals surface area contributed by atoms with Gasteiger partial charge in [0.25, 0.3) is 5.91 Å². The SMILES string of the molecule is Cc1cc(OC(C)C(=O)NCCc2csc(-c3ccccc3)n2)cc(C)c1Cl. The summed E-state index contributed by atoms with van der Waals surface area (Å²) in [7, 11) is 0. The van der Waals surface area contributed by atoms with Gasteiger partial charge in [-0.3, -0.25) is 4.79 Å². The number of amides is 1. The molecule has 1 unspecified atom stereocenters. The molecular formula is C22H23ClN2O2S. The zero-order chi connectivity index (χ0) is 20.1. The normalized spacial score (nSPS) is 11.9. The number of nitrogens with one attached hydrogen (secondary N) is 1. The molecule has 3 rings (SSSR count). The van der Waals surface area contributed by atoms with Gasteiger partial charge in [-0.15, -0.1) is 11.3 Å². The average Bonchev–Trinajstić information content (AvgIpc) is 3.15. The molecule has 0 aliphatic rings. The molecule has 0 saturated heterocycles. The second-order valence-corrected chi connectivity index (χ2v) is 7.92. The lowest BCUT2D eigenvalue weighted by Crippen LogP contribution is -2.37. The van der Waals surface area contributed by atoms with Crippen molar-refractivity contribution in [3.8, 4) is 16.3 Å². The largest absolute Gasteiger partial charge is 0.481 e. The van der Waals surface area contributed by atoms with Gasteiger partial charge in [0, 0.05) is 28.9 Å². The van der Waals surface area contributed by atoms with Crippen LogP contribution in [0.4, 0.5) is 0 Å². The third-order valence-electron chi connectivity index (χ3n) is 4.34. The lowest BCUT2D eigenvalue weighted by Gasteiger charge is -2.16. The molecule has 1 heterocycles. The molecule has 1 amide bonds. The fourth-order valence-electron chi connectivity index (χ4n) is 2.82. The van der Waals surface area contributed by atoms with E-state index in [0.717, 1.165) is 32.4 Å². The van der Waals surface area contributed by atoms with Crippen molar-refractivity contribution in [2.45, 2.75) is 33.3 Å². The molecule has 1 N–H and O–H groups in total. The summed E-state index contributed by atoms with van der Waals surface area (Å²) in [5.74, 6) is 0.498. The van der Waals surface area contributed by atoms with Gasteiger partial charge in [0.05, 0.1) is 5.69 Å². The first kappa shape index (κ1) is 20.4. The summed E-state index contributed by atoms with van der Waals surface area (Å²) in [5, 5.41) is 6.67. The summed E-state index contributed by atoms with van der Waals surface area (Å²) in [5.41, 5.74) is 3.95. The van der Waals surface area contributed by atoms with Crippen LogP contribution in [0.5, 0.6) is 5.75 Å². The predicted molar refractivity (Wildman–Crippen MR) is 115 cm³/mol. The molecule has 146 valence electrons. The third-order valence-corrected chi connectivity index (χ3v) is 5.88. The molecular weight excluding hydrogens is 392 g/mol. The average molecular weight is 415 g/mol. The highest BCUT2D eigenvalue weighted by molar-refractivity contribution is 7.13. The Labute approximate surface area is 174 Å². The number of ether oxygens (including phenoxy) is 1. The van der Waals surface area contributed by atoms with Crippen LogP contribution in [0.3, 0.4) is 0 Å². The summed E-state index contributed by atoms with van der Waals surface area (Å²) in [6, 6.07) is 13.8. The van der Waals surface area contributed by atoms with Crippen LogP contribution in [-0.2, 0) is 11.2 Å². The summed E-state index contributed by atoms with van der Waals surface area (Å²) in [6.45, 7) is 6.10. The smallest absolute Gasteiger partial charge is 0.260 e. The summed E-state index contributed by atoms with van der Waals surface area (Å²) >= 11 is 7.79. The zero-order valence-corrected chi connectivity index (χ0v) is 17.7. The lowest BCUT2D eigenvalue weighted by molar-refractivity contribution is -0.127. The second-order valence-electron chi connectivity index (χ2n) is 6.68. The van der Waals surface area contributed by atoms with Crippen molar-refractivity contribution in [3.05, 3.63) is 69.7 Å². The molecule has 2 aromatic carbocycles. The van der Waals surface area contributed by atoms with E-state index in [1.807, 2.05) is 61.7 Å². The summed E-state index contributed by atoms with van der Waals surface area (Å²) in [6.07, 6.45) is 0.0938. The van der Waals surface area contributed by atoms with Crippen LogP contribution in [0.2, 0.25) is 5.02 Å². The molecule has 6 heteroatoms. The molecule has 0 saturated carbocycles. The molecule has 1 atom stereocenters. The van der Waals surface area contributed by atoms with Gasteiger partial charge in [-0.2, -0.15) is 0 Å². The van der Waals surface area contributed by atoms with Crippen LogP contribution in [0.15, 0.2) is 47.8 Å². The van der Waals surface area contributed by atoms with Crippen molar-refractivity contribution < 1.29 is 9.53 Å². The van der Waals surface area contributed by atoms with E-state index in [1.165, 1.54) is 0 Å². The quantitative estimate of drug-likeness (QED) is 0.577. The standard InChI is InChI=1S/C22H23ClN2O2S/c1-14-11-19(12-15(2)20(14)23)27-16(3)21(26)24-10-9-18-13-28-22(25-18)17-7-5-4-6-8-17/h4-8,11-13,16H,9-10H2,1-3H3,(H,24,26). The van der Waals surface area contributed by atoms with Crippen LogP contribution < -0.4 is 10.1 Å². The monoisotopic (exact) mass is 414 g/mol. The second kappa shape index (κ2) is 9.22. The van der Waals surface area contributed by atoms with Crippen molar-refractivity contribution in [1.29, 1.82) is 0 Å². The van der Waals surface area contributed by atoms with Crippen molar-refractivity contribution in [3.63, 3.8) is 0 Å². The molecule has 0 spiro atoms. The van der Waals surface area contributed by atoms with Gasteiger partial charge in [0.2, 0.25) is 0 Å². The molecule has 28 heavy (non-hydrogen) atoms. The van der Waals surface area contributed by atoms with E-state index in [2.05, 4.69) is 10.3 Å². The Kier molecular flexibility index (Phi) is 6.70. The van der Waals surface area contributed by atoms with Crippen molar-refractivity contribution in [2.24, 2.45) is 0 Å². The minimum atomic E-state index is -0.588. The van der Waals surface area contributed by atoms with Crippen LogP contribution >= 0.6 is 22.9 Å². The fourth-order valence-corrected chi connectivity index (χ4v) is 3.79. The van der Waals surface area contributed by atoms with E-state index >= 15 is 0 Å². The topological polar surface area (TPSA) is 51.2 Å². The number of halogens is 1. The van der Waals surface area contributed by atoms with E-state index in [9.17, 15) is 4.79 Å². The van der Waals surface area contributed by atoms with Gasteiger partial charge in [0.1, 0.15) is 10.8 Å². The number of rotatable bonds is 7. The highest BCUT2D eigenvalue weighted by Crippen LogP contribution is 2.26. The number of thiazole rings is 1. The first-order valence-corrected chi connectivity index (χ1v) is 10.4. The number of carbonyl (C=O) groups excluding carboxylic acids is 1. The van der Waals surface area contributed by atoms with E-state index in [1.54, 1.807) is 18.3 Å². The van der Waals surface area contributed by atoms with Crippen LogP contribution in [0.25, 0.3) is 10.6 Å². The fraction of sp³-hybridized carbons (Fsp3) is 0.273. The number of benzene rings is 2. The highest BCUT2D eigenvalue weighted by atomic mass is 35.5. The molecule has 0 aliphatic heterocycles. The number of aryl methyl sites for hydroxylation is 2. The first-order valence-electron chi connectivity index (χ1n) is 9.15. The van der Waals surface area contributed by atoms with Gasteiger partial charge < -0.3 is 10.1 Å². The van der Waals surface area contributed by atoms with Crippen LogP contribution in [0, 0.1) is 13.8 Å². The molecule has 0 bridgehead atoms. The Bertz CT molecular complexity index is 933. The van der Waals surface area contributed by atoms with E-state index in [0.29, 0.717) is 18.7 Å². The minimum Gasteiger partial charge on any atom is -0.481 e. The number of hydrogen-bond donors (Lipinski definition) is 1. The molecule has 0 radical (unpaired) electrons. The maximum atomic E-state index is 12.3. The lowest BCUT2D eigenvalue weighted by atomic mass is 10.1. The summed E-state index contributed by atoms with van der Waals surface area (Å²) < 4.78 is 5.77. The van der Waals surface area contributed by atoms with Crippen molar-refractivity contribution in [1.82, 2.24) is 10.3 Å². The Balaban J connectivity index is 1.50. The van der Waals surface area contributed by atoms with Crippen molar-refractivity contribution >= 4 is 28.8 Å². The van der Waals surface area contributed by atoms with E-state index in [4.69, 9.17) is 16.3 Å². The number of carbonyl (C=O) groups is 1. The predicted octanol–water partition coefficient (Wildman–Crippen LogP) is 5.21. The van der Waals surface area contributed by atoms with Gasteiger partial charge in [-0.05, 0) is 44.0 Å². The number of nitrogens with zero attached hydrogens (tertiary/aromatic N) is 1. The molecule has 0 fully saturated rings. The number of hydrogen-bond acceptors (Lipinski definition) is 4. The maximum absolute atomic E-state index is 12.3. The molecule has 4 nitrogen and oxygen atoms in total. The van der Waals surface area contributed by atoms with Gasteiger partial charge in [-0.25, -0.2) is 4.98 Å². The van der Waals surface area contributed by atoms with Crippen molar-refractivity contribution in [2.75, 3.05) is 6.54 Å². The van der Waals surface area contributed by atoms with E-state index in [-0.39, 0.29) is 5.91 Å². The Morgan fingerprint density at radius 3 is 2.57 bits per heavy atom. The van der Waals surface area contributed by atoms with Gasteiger partial charge in [0.15, 0.2) is 6.10 Å². The summed E-state index contributed by atoms with van der Waals surface area (Å²) in [4.78, 5) is 17.0. The Morgan fingerprint density at radius 1 is 1.21 bits per heavy atom. The van der Waals surface area contributed by atoms with E-state index < -0.39 is 6.10 Å². The number of aromatic nitrogens is 1. The van der Waals surface area contributed by atoms with Gasteiger partial charge >= 0.3 is 0 Å². The van der Waals surface area contributed by atoms with Gasteiger partial charge in [-0.1, -0.05) is 41.9 Å². The molecule has 1 aromatic heterocycles. The first-order chi connectivity index (χ1) is 13.4. The zero-order valence-electron chi connectivity index (χ0n) is 16.2. The maximum Gasteiger partial charge on any atom is 0.260 e. The Morgan fingerprint density at radius 2 is 1.89 bits per heavy atom. The minimum absolute atomic E-state index is 0.149. The Hall–Kier alpha value is -2.37. The van der Waals surface area contributed by atoms with Crippen LogP contribution in [0.1, 0.15) is 23.7 Å². The van der Waals surface area contributed by atoms with Crippen LogP contribution in [-0.4, -0.2) is 23.5 Å². The molecule has 0 aliphatic carbocycles. The molecule has 3 aromatic rings.